The van der Waals surface area contributed by atoms with Crippen molar-refractivity contribution in [1.29, 1.82) is 0 Å². The highest BCUT2D eigenvalue weighted by atomic mass is 15.1. The number of nitrogens with zero attached hydrogens (tertiary/aromatic N) is 5. The first-order chi connectivity index (χ1) is 17.4. The Hall–Kier alpha value is -3.41. The minimum absolute atomic E-state index is 0.717. The number of fused-ring (bicyclic) bond motifs is 1. The zero-order valence-electron chi connectivity index (χ0n) is 23.8. The molecule has 4 aromatic rings. The maximum absolute atomic E-state index is 4.57. The third-order valence-corrected chi connectivity index (χ3v) is 4.97. The molecule has 6 nitrogen and oxygen atoms in total. The SMILES string of the molecule is CC.CCC.CCCCC.Cc1ccc(-c2cnc3c(Nc4cccc(N(C)C)c4)nccn23)cn1. The number of aromatic nitrogens is 4. The predicted molar refractivity (Wildman–Crippen MR) is 158 cm³/mol. The molecule has 3 heterocycles. The van der Waals surface area contributed by atoms with E-state index in [0.717, 1.165) is 39.8 Å². The Kier molecular flexibility index (Phi) is 14.5. The fraction of sp³-hybridized carbons (Fsp3) is 0.433. The van der Waals surface area contributed by atoms with Crippen LogP contribution in [-0.4, -0.2) is 33.4 Å². The highest BCUT2D eigenvalue weighted by Gasteiger charge is 2.11. The number of benzene rings is 1. The van der Waals surface area contributed by atoms with E-state index in [-0.39, 0.29) is 0 Å². The molecule has 196 valence electrons. The van der Waals surface area contributed by atoms with E-state index < -0.39 is 0 Å². The second kappa shape index (κ2) is 17.1. The lowest BCUT2D eigenvalue weighted by molar-refractivity contribution is 0.772. The third-order valence-electron chi connectivity index (χ3n) is 4.97. The van der Waals surface area contributed by atoms with Gasteiger partial charge in [-0.25, -0.2) is 9.97 Å². The zero-order valence-corrected chi connectivity index (χ0v) is 23.8. The van der Waals surface area contributed by atoms with Crippen LogP contribution in [0.2, 0.25) is 0 Å². The van der Waals surface area contributed by atoms with Crippen LogP contribution in [0.1, 0.15) is 72.9 Å². The van der Waals surface area contributed by atoms with Crippen molar-refractivity contribution in [2.45, 2.75) is 74.1 Å². The average Bonchev–Trinajstić information content (AvgIpc) is 3.33. The van der Waals surface area contributed by atoms with Crippen LogP contribution in [-0.2, 0) is 0 Å². The van der Waals surface area contributed by atoms with Crippen LogP contribution in [0.25, 0.3) is 16.9 Å². The summed E-state index contributed by atoms with van der Waals surface area (Å²) < 4.78 is 2.03. The van der Waals surface area contributed by atoms with Crippen molar-refractivity contribution in [3.8, 4) is 11.3 Å². The molecule has 0 aliphatic rings. The first kappa shape index (κ1) is 30.6. The van der Waals surface area contributed by atoms with Crippen LogP contribution < -0.4 is 10.2 Å². The van der Waals surface area contributed by atoms with E-state index in [0.29, 0.717) is 0 Å². The molecule has 1 aromatic carbocycles. The predicted octanol–water partition coefficient (Wildman–Crippen LogP) is 8.55. The second-order valence-electron chi connectivity index (χ2n) is 8.43. The van der Waals surface area contributed by atoms with Gasteiger partial charge in [-0.3, -0.25) is 9.38 Å². The zero-order chi connectivity index (χ0) is 26.9. The number of anilines is 3. The lowest BCUT2D eigenvalue weighted by atomic mass is 10.2. The summed E-state index contributed by atoms with van der Waals surface area (Å²) in [5.74, 6) is 0.717. The van der Waals surface area contributed by atoms with Crippen molar-refractivity contribution in [2.24, 2.45) is 0 Å². The molecule has 0 atom stereocenters. The molecule has 6 heteroatoms. The molecule has 0 amide bonds. The van der Waals surface area contributed by atoms with E-state index >= 15 is 0 Å². The van der Waals surface area contributed by atoms with Crippen LogP contribution >= 0.6 is 0 Å². The van der Waals surface area contributed by atoms with Crippen LogP contribution in [0.3, 0.4) is 0 Å². The number of hydrogen-bond acceptors (Lipinski definition) is 5. The van der Waals surface area contributed by atoms with Gasteiger partial charge in [-0.05, 0) is 37.3 Å². The van der Waals surface area contributed by atoms with Gasteiger partial charge >= 0.3 is 0 Å². The monoisotopic (exact) mass is 490 g/mol. The molecule has 0 saturated carbocycles. The van der Waals surface area contributed by atoms with Gasteiger partial charge in [-0.15, -0.1) is 0 Å². The van der Waals surface area contributed by atoms with Gasteiger partial charge in [0, 0.05) is 55.3 Å². The molecule has 0 saturated heterocycles. The Labute approximate surface area is 218 Å². The molecular formula is C30H46N6. The van der Waals surface area contributed by atoms with E-state index in [4.69, 9.17) is 0 Å². The molecule has 0 bridgehead atoms. The van der Waals surface area contributed by atoms with Gasteiger partial charge in [0.1, 0.15) is 0 Å². The lowest BCUT2D eigenvalue weighted by Gasteiger charge is -2.14. The minimum Gasteiger partial charge on any atom is -0.378 e. The van der Waals surface area contributed by atoms with E-state index in [1.54, 1.807) is 6.20 Å². The van der Waals surface area contributed by atoms with E-state index in [9.17, 15) is 0 Å². The molecular weight excluding hydrogens is 444 g/mol. The van der Waals surface area contributed by atoms with Crippen molar-refractivity contribution in [3.63, 3.8) is 0 Å². The number of nitrogens with one attached hydrogen (secondary N) is 1. The summed E-state index contributed by atoms with van der Waals surface area (Å²) in [5.41, 5.74) is 5.87. The quantitative estimate of drug-likeness (QED) is 0.293. The maximum atomic E-state index is 4.57. The summed E-state index contributed by atoms with van der Waals surface area (Å²) in [4.78, 5) is 15.5. The van der Waals surface area contributed by atoms with Gasteiger partial charge < -0.3 is 10.2 Å². The molecule has 4 rings (SSSR count). The number of imidazole rings is 1. The largest absolute Gasteiger partial charge is 0.378 e. The number of pyridine rings is 1. The van der Waals surface area contributed by atoms with Gasteiger partial charge in [-0.2, -0.15) is 0 Å². The topological polar surface area (TPSA) is 58.4 Å². The summed E-state index contributed by atoms with van der Waals surface area (Å²) in [7, 11) is 4.04. The minimum atomic E-state index is 0.717. The molecule has 3 aromatic heterocycles. The number of aryl methyl sites for hydroxylation is 1. The van der Waals surface area contributed by atoms with Gasteiger partial charge in [-0.1, -0.05) is 73.3 Å². The van der Waals surface area contributed by atoms with E-state index in [1.165, 1.54) is 25.7 Å². The smallest absolute Gasteiger partial charge is 0.180 e. The summed E-state index contributed by atoms with van der Waals surface area (Å²) in [6.07, 6.45) is 12.7. The highest BCUT2D eigenvalue weighted by Crippen LogP contribution is 2.26. The molecule has 0 aliphatic heterocycles. The van der Waals surface area contributed by atoms with E-state index in [1.807, 2.05) is 76.1 Å². The highest BCUT2D eigenvalue weighted by molar-refractivity contribution is 5.75. The number of hydrogen-bond donors (Lipinski definition) is 1. The molecule has 0 radical (unpaired) electrons. The average molecular weight is 491 g/mol. The Bertz CT molecular complexity index is 1110. The molecule has 36 heavy (non-hydrogen) atoms. The second-order valence-corrected chi connectivity index (χ2v) is 8.43. The number of rotatable bonds is 6. The van der Waals surface area contributed by atoms with Crippen molar-refractivity contribution < 1.29 is 0 Å². The van der Waals surface area contributed by atoms with Crippen LogP contribution in [0.4, 0.5) is 17.2 Å². The molecule has 0 fully saturated rings. The van der Waals surface area contributed by atoms with Crippen molar-refractivity contribution in [3.05, 3.63) is 66.9 Å². The molecule has 0 aliphatic carbocycles. The number of unbranched alkanes of at least 4 members (excludes halogenated alkanes) is 2. The van der Waals surface area contributed by atoms with Gasteiger partial charge in [0.15, 0.2) is 11.5 Å². The van der Waals surface area contributed by atoms with Gasteiger partial charge in [0.25, 0.3) is 0 Å². The first-order valence-electron chi connectivity index (χ1n) is 13.2. The molecule has 0 spiro atoms. The molecule has 0 unspecified atom stereocenters. The maximum Gasteiger partial charge on any atom is 0.180 e. The van der Waals surface area contributed by atoms with Gasteiger partial charge in [0.2, 0.25) is 0 Å². The normalized spacial score (nSPS) is 9.69. The summed E-state index contributed by atoms with van der Waals surface area (Å²) in [6, 6.07) is 12.2. The lowest BCUT2D eigenvalue weighted by Crippen LogP contribution is -2.08. The fourth-order valence-corrected chi connectivity index (χ4v) is 3.19. The Balaban J connectivity index is 0.000000561. The summed E-state index contributed by atoms with van der Waals surface area (Å²) in [5, 5.41) is 3.38. The van der Waals surface area contributed by atoms with Crippen molar-refractivity contribution in [2.75, 3.05) is 24.3 Å². The third kappa shape index (κ3) is 9.33. The first-order valence-corrected chi connectivity index (χ1v) is 13.2. The van der Waals surface area contributed by atoms with Crippen LogP contribution in [0.5, 0.6) is 0 Å². The van der Waals surface area contributed by atoms with Crippen molar-refractivity contribution >= 4 is 22.8 Å². The van der Waals surface area contributed by atoms with E-state index in [2.05, 4.69) is 71.1 Å². The Morgan fingerprint density at radius 1 is 0.889 bits per heavy atom. The van der Waals surface area contributed by atoms with Crippen molar-refractivity contribution in [1.82, 2.24) is 19.4 Å². The Morgan fingerprint density at radius 2 is 1.58 bits per heavy atom. The van der Waals surface area contributed by atoms with Crippen LogP contribution in [0.15, 0.2) is 61.2 Å². The summed E-state index contributed by atoms with van der Waals surface area (Å²) in [6.45, 7) is 14.7. The van der Waals surface area contributed by atoms with Crippen LogP contribution in [0, 0.1) is 6.92 Å². The molecule has 1 N–H and O–H groups in total. The summed E-state index contributed by atoms with van der Waals surface area (Å²) >= 11 is 0. The standard InChI is InChI=1S/C20H20N6.C5H12.C3H8.C2H6/c1-14-7-8-15(12-22-14)18-13-23-20-19(21-9-10-26(18)20)24-16-5-4-6-17(11-16)25(2)3;1-3-5-4-2;1-3-2;1-2/h4-13H,1-3H3,(H,21,24);3-5H2,1-2H3;3H2,1-2H3;1-2H3. The fourth-order valence-electron chi connectivity index (χ4n) is 3.19. The Morgan fingerprint density at radius 3 is 2.14 bits per heavy atom. The van der Waals surface area contributed by atoms with Gasteiger partial charge in [0.05, 0.1) is 11.9 Å².